The summed E-state index contributed by atoms with van der Waals surface area (Å²) in [7, 11) is 1.90. The Bertz CT molecular complexity index is 547. The van der Waals surface area contributed by atoms with E-state index in [2.05, 4.69) is 21.2 Å². The second-order valence-corrected chi connectivity index (χ2v) is 5.34. The minimum absolute atomic E-state index is 0.0933. The maximum absolute atomic E-state index is 13.5. The summed E-state index contributed by atoms with van der Waals surface area (Å²) in [5, 5.41) is 3.11. The molecule has 2 aromatic rings. The molecule has 1 atom stereocenters. The molecule has 0 aliphatic rings. The fourth-order valence-electron chi connectivity index (χ4n) is 1.95. The summed E-state index contributed by atoms with van der Waals surface area (Å²) in [5.74, 6) is 0.221. The molecular formula is C16H17BrFNO. The Morgan fingerprint density at radius 3 is 2.60 bits per heavy atom. The van der Waals surface area contributed by atoms with Gasteiger partial charge >= 0.3 is 0 Å². The normalized spacial score (nSPS) is 12.2. The Balaban J connectivity index is 2.17. The van der Waals surface area contributed by atoms with Gasteiger partial charge in [-0.15, -0.1) is 0 Å². The first-order valence-corrected chi connectivity index (χ1v) is 7.31. The van der Waals surface area contributed by atoms with E-state index in [1.807, 2.05) is 37.4 Å². The highest BCUT2D eigenvalue weighted by Gasteiger charge is 2.13. The zero-order valence-corrected chi connectivity index (χ0v) is 12.9. The minimum Gasteiger partial charge on any atom is -0.486 e. The summed E-state index contributed by atoms with van der Waals surface area (Å²) in [6.45, 7) is 0.832. The van der Waals surface area contributed by atoms with Gasteiger partial charge in [0.2, 0.25) is 0 Å². The van der Waals surface area contributed by atoms with Crippen LogP contribution in [0.1, 0.15) is 18.1 Å². The summed E-state index contributed by atoms with van der Waals surface area (Å²) in [5.41, 5.74) is 1.09. The average molecular weight is 338 g/mol. The number of benzene rings is 2. The molecule has 0 saturated heterocycles. The molecule has 2 nitrogen and oxygen atoms in total. The molecule has 1 N–H and O–H groups in total. The van der Waals surface area contributed by atoms with Crippen LogP contribution in [-0.4, -0.2) is 13.6 Å². The van der Waals surface area contributed by atoms with Gasteiger partial charge in [0.1, 0.15) is 17.7 Å². The third-order valence-electron chi connectivity index (χ3n) is 3.00. The van der Waals surface area contributed by atoms with Crippen LogP contribution in [0.15, 0.2) is 53.0 Å². The zero-order valence-electron chi connectivity index (χ0n) is 11.3. The Hall–Kier alpha value is -1.39. The van der Waals surface area contributed by atoms with Crippen LogP contribution < -0.4 is 10.1 Å². The molecule has 2 rings (SSSR count). The van der Waals surface area contributed by atoms with E-state index < -0.39 is 0 Å². The Morgan fingerprint density at radius 2 is 1.95 bits per heavy atom. The molecule has 0 radical (unpaired) electrons. The van der Waals surface area contributed by atoms with Crippen molar-refractivity contribution >= 4 is 15.9 Å². The van der Waals surface area contributed by atoms with E-state index in [4.69, 9.17) is 4.74 Å². The van der Waals surface area contributed by atoms with Crippen molar-refractivity contribution in [3.05, 3.63) is 64.4 Å². The predicted octanol–water partition coefficient (Wildman–Crippen LogP) is 4.32. The summed E-state index contributed by atoms with van der Waals surface area (Å²) in [4.78, 5) is 0. The number of rotatable bonds is 6. The first kappa shape index (κ1) is 15.0. The molecule has 0 spiro atoms. The Labute approximate surface area is 127 Å². The number of halogens is 2. The molecule has 106 valence electrons. The van der Waals surface area contributed by atoms with E-state index in [1.54, 1.807) is 12.1 Å². The molecule has 20 heavy (non-hydrogen) atoms. The van der Waals surface area contributed by atoms with Gasteiger partial charge < -0.3 is 10.1 Å². The smallest absolute Gasteiger partial charge is 0.141 e. The lowest BCUT2D eigenvalue weighted by Gasteiger charge is -2.19. The van der Waals surface area contributed by atoms with Crippen molar-refractivity contribution in [3.8, 4) is 5.75 Å². The van der Waals surface area contributed by atoms with Crippen molar-refractivity contribution in [1.29, 1.82) is 0 Å². The average Bonchev–Trinajstić information content (AvgIpc) is 2.48. The van der Waals surface area contributed by atoms with E-state index in [0.717, 1.165) is 18.5 Å². The highest BCUT2D eigenvalue weighted by molar-refractivity contribution is 9.10. The molecule has 0 aromatic heterocycles. The minimum atomic E-state index is -0.317. The highest BCUT2D eigenvalue weighted by atomic mass is 79.9. The van der Waals surface area contributed by atoms with Crippen molar-refractivity contribution in [3.63, 3.8) is 0 Å². The van der Waals surface area contributed by atoms with Crippen LogP contribution in [-0.2, 0) is 0 Å². The summed E-state index contributed by atoms with van der Waals surface area (Å²) >= 11 is 3.14. The van der Waals surface area contributed by atoms with Crippen molar-refractivity contribution in [2.75, 3.05) is 13.6 Å². The third kappa shape index (κ3) is 4.05. The van der Waals surface area contributed by atoms with E-state index in [0.29, 0.717) is 10.2 Å². The third-order valence-corrected chi connectivity index (χ3v) is 3.64. The zero-order chi connectivity index (χ0) is 14.4. The first-order valence-electron chi connectivity index (χ1n) is 6.52. The molecule has 4 heteroatoms. The second-order valence-electron chi connectivity index (χ2n) is 4.49. The maximum Gasteiger partial charge on any atom is 0.141 e. The van der Waals surface area contributed by atoms with E-state index >= 15 is 0 Å². The number of hydrogen-bond donors (Lipinski definition) is 1. The monoisotopic (exact) mass is 337 g/mol. The lowest BCUT2D eigenvalue weighted by molar-refractivity contribution is 0.194. The summed E-state index contributed by atoms with van der Waals surface area (Å²) in [6, 6.07) is 14.8. The van der Waals surface area contributed by atoms with Crippen molar-refractivity contribution in [2.45, 2.75) is 12.5 Å². The quantitative estimate of drug-likeness (QED) is 0.847. The SMILES string of the molecule is CNCCC(Oc1ccc(Br)c(F)c1)c1ccccc1. The molecule has 0 amide bonds. The second kappa shape index (κ2) is 7.41. The van der Waals surface area contributed by atoms with Gasteiger partial charge in [-0.25, -0.2) is 4.39 Å². The van der Waals surface area contributed by atoms with Gasteiger partial charge in [0, 0.05) is 12.5 Å². The molecular weight excluding hydrogens is 321 g/mol. The van der Waals surface area contributed by atoms with Gasteiger partial charge in [0.25, 0.3) is 0 Å². The molecule has 1 unspecified atom stereocenters. The number of nitrogens with one attached hydrogen (secondary N) is 1. The van der Waals surface area contributed by atoms with Crippen molar-refractivity contribution in [2.24, 2.45) is 0 Å². The molecule has 2 aromatic carbocycles. The van der Waals surface area contributed by atoms with Crippen LogP contribution in [0.3, 0.4) is 0 Å². The highest BCUT2D eigenvalue weighted by Crippen LogP contribution is 2.27. The van der Waals surface area contributed by atoms with Gasteiger partial charge in [-0.05, 0) is 47.2 Å². The topological polar surface area (TPSA) is 21.3 Å². The molecule has 0 bridgehead atoms. The van der Waals surface area contributed by atoms with Crippen LogP contribution >= 0.6 is 15.9 Å². The van der Waals surface area contributed by atoms with Gasteiger partial charge in [-0.3, -0.25) is 0 Å². The fraction of sp³-hybridized carbons (Fsp3) is 0.250. The maximum atomic E-state index is 13.5. The molecule has 0 aliphatic heterocycles. The van der Waals surface area contributed by atoms with Crippen LogP contribution in [0, 0.1) is 5.82 Å². The van der Waals surface area contributed by atoms with Crippen LogP contribution in [0.2, 0.25) is 0 Å². The number of ether oxygens (including phenoxy) is 1. The van der Waals surface area contributed by atoms with Crippen LogP contribution in [0.5, 0.6) is 5.75 Å². The van der Waals surface area contributed by atoms with E-state index in [9.17, 15) is 4.39 Å². The van der Waals surface area contributed by atoms with Crippen molar-refractivity contribution in [1.82, 2.24) is 5.32 Å². The number of hydrogen-bond acceptors (Lipinski definition) is 2. The molecule has 0 aliphatic carbocycles. The summed E-state index contributed by atoms with van der Waals surface area (Å²) < 4.78 is 19.9. The van der Waals surface area contributed by atoms with E-state index in [1.165, 1.54) is 6.07 Å². The molecule has 0 saturated carbocycles. The lowest BCUT2D eigenvalue weighted by atomic mass is 10.1. The Kier molecular flexibility index (Phi) is 5.56. The standard InChI is InChI=1S/C16H17BrFNO/c1-19-10-9-16(12-5-3-2-4-6-12)20-13-7-8-14(17)15(18)11-13/h2-8,11,16,19H,9-10H2,1H3. The van der Waals surface area contributed by atoms with Gasteiger partial charge in [0.15, 0.2) is 0 Å². The van der Waals surface area contributed by atoms with Crippen molar-refractivity contribution < 1.29 is 9.13 Å². The lowest BCUT2D eigenvalue weighted by Crippen LogP contribution is -2.16. The fourth-order valence-corrected chi connectivity index (χ4v) is 2.20. The first-order chi connectivity index (χ1) is 9.70. The largest absolute Gasteiger partial charge is 0.486 e. The Morgan fingerprint density at radius 1 is 1.20 bits per heavy atom. The predicted molar refractivity (Wildman–Crippen MR) is 82.5 cm³/mol. The van der Waals surface area contributed by atoms with Crippen LogP contribution in [0.25, 0.3) is 0 Å². The van der Waals surface area contributed by atoms with Crippen LogP contribution in [0.4, 0.5) is 4.39 Å². The molecule has 0 fully saturated rings. The van der Waals surface area contributed by atoms with Gasteiger partial charge in [-0.2, -0.15) is 0 Å². The van der Waals surface area contributed by atoms with Gasteiger partial charge in [-0.1, -0.05) is 30.3 Å². The van der Waals surface area contributed by atoms with Gasteiger partial charge in [0.05, 0.1) is 4.47 Å². The summed E-state index contributed by atoms with van der Waals surface area (Å²) in [6.07, 6.45) is 0.724. The van der Waals surface area contributed by atoms with E-state index in [-0.39, 0.29) is 11.9 Å². The molecule has 0 heterocycles.